The number of amides is 1. The number of hydrogen-bond donors (Lipinski definition) is 1. The van der Waals surface area contributed by atoms with E-state index in [0.29, 0.717) is 41.2 Å². The quantitative estimate of drug-likeness (QED) is 0.550. The Hall–Kier alpha value is -3.48. The van der Waals surface area contributed by atoms with E-state index in [9.17, 15) is 18.0 Å². The van der Waals surface area contributed by atoms with Gasteiger partial charge in [0.15, 0.2) is 11.5 Å². The predicted molar refractivity (Wildman–Crippen MR) is 112 cm³/mol. The van der Waals surface area contributed by atoms with Crippen molar-refractivity contribution < 1.29 is 27.4 Å². The minimum Gasteiger partial charge on any atom is -0.493 e. The molecule has 0 spiro atoms. The third kappa shape index (κ3) is 5.36. The van der Waals surface area contributed by atoms with E-state index in [0.717, 1.165) is 17.7 Å². The van der Waals surface area contributed by atoms with Crippen LogP contribution in [0.5, 0.6) is 11.5 Å². The van der Waals surface area contributed by atoms with Gasteiger partial charge in [0.1, 0.15) is 0 Å². The van der Waals surface area contributed by atoms with Crippen molar-refractivity contribution in [2.45, 2.75) is 12.6 Å². The van der Waals surface area contributed by atoms with Crippen molar-refractivity contribution in [1.82, 2.24) is 5.32 Å². The number of methoxy groups -OCH3 is 2. The molecule has 3 aromatic rings. The normalized spacial score (nSPS) is 11.1. The van der Waals surface area contributed by atoms with Gasteiger partial charge >= 0.3 is 6.18 Å². The minimum absolute atomic E-state index is 0.295. The van der Waals surface area contributed by atoms with Gasteiger partial charge in [0.05, 0.1) is 19.8 Å². The Kier molecular flexibility index (Phi) is 6.84. The molecule has 4 nitrogen and oxygen atoms in total. The molecule has 31 heavy (non-hydrogen) atoms. The van der Waals surface area contributed by atoms with Crippen LogP contribution in [0.25, 0.3) is 11.1 Å². The molecule has 0 fully saturated rings. The zero-order valence-electron chi connectivity index (χ0n) is 17.1. The first kappa shape index (κ1) is 22.2. The molecular formula is C24H22F3NO3. The summed E-state index contributed by atoms with van der Waals surface area (Å²) >= 11 is 0. The fourth-order valence-corrected chi connectivity index (χ4v) is 3.22. The van der Waals surface area contributed by atoms with Crippen LogP contribution in [0.3, 0.4) is 0 Å². The molecule has 0 atom stereocenters. The molecule has 0 aliphatic rings. The van der Waals surface area contributed by atoms with Gasteiger partial charge in [-0.3, -0.25) is 4.79 Å². The highest BCUT2D eigenvalue weighted by Crippen LogP contribution is 2.32. The van der Waals surface area contributed by atoms with Gasteiger partial charge in [-0.2, -0.15) is 13.2 Å². The molecule has 0 saturated heterocycles. The molecule has 162 valence electrons. The highest BCUT2D eigenvalue weighted by molar-refractivity contribution is 6.00. The lowest BCUT2D eigenvalue weighted by Crippen LogP contribution is -2.26. The summed E-state index contributed by atoms with van der Waals surface area (Å²) in [5.74, 6) is 0.940. The van der Waals surface area contributed by atoms with Crippen LogP contribution in [0.4, 0.5) is 13.2 Å². The standard InChI is InChI=1S/C24H22F3NO3/c1-30-21-12-7-16(15-22(21)31-2)13-14-28-23(29)20-6-4-3-5-19(20)17-8-10-18(11-9-17)24(25,26)27/h3-12,15H,13-14H2,1-2H3,(H,28,29). The molecule has 1 N–H and O–H groups in total. The van der Waals surface area contributed by atoms with Gasteiger partial charge < -0.3 is 14.8 Å². The van der Waals surface area contributed by atoms with Crippen LogP contribution >= 0.6 is 0 Å². The molecule has 3 rings (SSSR count). The van der Waals surface area contributed by atoms with Crippen molar-refractivity contribution in [3.63, 3.8) is 0 Å². The maximum atomic E-state index is 12.8. The molecule has 3 aromatic carbocycles. The second-order valence-electron chi connectivity index (χ2n) is 6.82. The van der Waals surface area contributed by atoms with Crippen LogP contribution < -0.4 is 14.8 Å². The number of carbonyl (C=O) groups excluding carboxylic acids is 1. The van der Waals surface area contributed by atoms with Crippen molar-refractivity contribution in [1.29, 1.82) is 0 Å². The van der Waals surface area contributed by atoms with E-state index in [2.05, 4.69) is 5.32 Å². The maximum Gasteiger partial charge on any atom is 0.416 e. The summed E-state index contributed by atoms with van der Waals surface area (Å²) in [5.41, 5.74) is 1.75. The predicted octanol–water partition coefficient (Wildman–Crippen LogP) is 5.36. The number of carbonyl (C=O) groups is 1. The number of alkyl halides is 3. The zero-order chi connectivity index (χ0) is 22.4. The van der Waals surface area contributed by atoms with Crippen molar-refractivity contribution in [3.05, 3.63) is 83.4 Å². The second-order valence-corrected chi connectivity index (χ2v) is 6.82. The monoisotopic (exact) mass is 429 g/mol. The lowest BCUT2D eigenvalue weighted by Gasteiger charge is -2.13. The lowest BCUT2D eigenvalue weighted by molar-refractivity contribution is -0.137. The van der Waals surface area contributed by atoms with Gasteiger partial charge in [0.25, 0.3) is 5.91 Å². The maximum absolute atomic E-state index is 12.8. The summed E-state index contributed by atoms with van der Waals surface area (Å²) in [4.78, 5) is 12.7. The number of ether oxygens (including phenoxy) is 2. The van der Waals surface area contributed by atoms with Crippen LogP contribution in [0, 0.1) is 0 Å². The zero-order valence-corrected chi connectivity index (χ0v) is 17.1. The Bertz CT molecular complexity index is 1050. The van der Waals surface area contributed by atoms with E-state index in [-0.39, 0.29) is 5.91 Å². The third-order valence-electron chi connectivity index (χ3n) is 4.84. The molecule has 0 aliphatic carbocycles. The fourth-order valence-electron chi connectivity index (χ4n) is 3.22. The Morgan fingerprint density at radius 3 is 2.23 bits per heavy atom. The van der Waals surface area contributed by atoms with Crippen molar-refractivity contribution in [2.75, 3.05) is 20.8 Å². The van der Waals surface area contributed by atoms with Crippen LogP contribution in [0.2, 0.25) is 0 Å². The molecule has 0 unspecified atom stereocenters. The first-order chi connectivity index (χ1) is 14.8. The van der Waals surface area contributed by atoms with E-state index in [1.165, 1.54) is 12.1 Å². The highest BCUT2D eigenvalue weighted by atomic mass is 19.4. The van der Waals surface area contributed by atoms with E-state index in [4.69, 9.17) is 9.47 Å². The number of rotatable bonds is 7. The smallest absolute Gasteiger partial charge is 0.416 e. The molecule has 0 radical (unpaired) electrons. The molecule has 0 aromatic heterocycles. The summed E-state index contributed by atoms with van der Waals surface area (Å²) < 4.78 is 49.0. The lowest BCUT2D eigenvalue weighted by atomic mass is 9.98. The summed E-state index contributed by atoms with van der Waals surface area (Å²) in [6, 6.07) is 17.1. The van der Waals surface area contributed by atoms with Gasteiger partial charge in [-0.05, 0) is 53.4 Å². The molecule has 0 aliphatic heterocycles. The van der Waals surface area contributed by atoms with Gasteiger partial charge in [-0.15, -0.1) is 0 Å². The van der Waals surface area contributed by atoms with Crippen molar-refractivity contribution >= 4 is 5.91 Å². The van der Waals surface area contributed by atoms with Crippen LogP contribution in [-0.2, 0) is 12.6 Å². The molecule has 0 saturated carbocycles. The average molecular weight is 429 g/mol. The van der Waals surface area contributed by atoms with Gasteiger partial charge in [-0.1, -0.05) is 36.4 Å². The van der Waals surface area contributed by atoms with Crippen LogP contribution in [0.15, 0.2) is 66.7 Å². The third-order valence-corrected chi connectivity index (χ3v) is 4.84. The van der Waals surface area contributed by atoms with Gasteiger partial charge in [0.2, 0.25) is 0 Å². The Morgan fingerprint density at radius 2 is 1.58 bits per heavy atom. The summed E-state index contributed by atoms with van der Waals surface area (Å²) in [7, 11) is 3.12. The van der Waals surface area contributed by atoms with E-state index < -0.39 is 11.7 Å². The van der Waals surface area contributed by atoms with Gasteiger partial charge in [0, 0.05) is 12.1 Å². The number of benzene rings is 3. The number of halogens is 3. The summed E-state index contributed by atoms with van der Waals surface area (Å²) in [6.07, 6.45) is -3.83. The first-order valence-electron chi connectivity index (χ1n) is 9.59. The Labute approximate surface area is 178 Å². The van der Waals surface area contributed by atoms with E-state index in [1.807, 2.05) is 12.1 Å². The van der Waals surface area contributed by atoms with Gasteiger partial charge in [-0.25, -0.2) is 0 Å². The second kappa shape index (κ2) is 9.55. The fraction of sp³-hybridized carbons (Fsp3) is 0.208. The number of nitrogens with one attached hydrogen (secondary N) is 1. The molecule has 0 heterocycles. The van der Waals surface area contributed by atoms with Crippen LogP contribution in [0.1, 0.15) is 21.5 Å². The van der Waals surface area contributed by atoms with E-state index >= 15 is 0 Å². The average Bonchev–Trinajstić information content (AvgIpc) is 2.78. The molecule has 0 bridgehead atoms. The SMILES string of the molecule is COc1ccc(CCNC(=O)c2ccccc2-c2ccc(C(F)(F)F)cc2)cc1OC. The van der Waals surface area contributed by atoms with Crippen molar-refractivity contribution in [3.8, 4) is 22.6 Å². The Balaban J connectivity index is 1.70. The van der Waals surface area contributed by atoms with E-state index in [1.54, 1.807) is 44.6 Å². The number of hydrogen-bond acceptors (Lipinski definition) is 3. The highest BCUT2D eigenvalue weighted by Gasteiger charge is 2.30. The van der Waals surface area contributed by atoms with Crippen molar-refractivity contribution in [2.24, 2.45) is 0 Å². The molecule has 7 heteroatoms. The first-order valence-corrected chi connectivity index (χ1v) is 9.59. The minimum atomic E-state index is -4.40. The van der Waals surface area contributed by atoms with Crippen LogP contribution in [-0.4, -0.2) is 26.7 Å². The summed E-state index contributed by atoms with van der Waals surface area (Å²) in [6.45, 7) is 0.385. The Morgan fingerprint density at radius 1 is 0.903 bits per heavy atom. The molecular weight excluding hydrogens is 407 g/mol. The molecule has 1 amide bonds. The summed E-state index contributed by atoms with van der Waals surface area (Å²) in [5, 5.41) is 2.87. The largest absolute Gasteiger partial charge is 0.493 e. The topological polar surface area (TPSA) is 47.6 Å².